The van der Waals surface area contributed by atoms with Crippen LogP contribution in [-0.2, 0) is 18.6 Å². The summed E-state index contributed by atoms with van der Waals surface area (Å²) in [6, 6.07) is 17.1. The lowest BCUT2D eigenvalue weighted by Gasteiger charge is -2.14. The molecule has 0 amide bonds. The van der Waals surface area contributed by atoms with Gasteiger partial charge in [0.2, 0.25) is 5.89 Å². The number of hydrogen-bond donors (Lipinski definition) is 2. The smallest absolute Gasteiger partial charge is 0.277 e. The molecule has 0 radical (unpaired) electrons. The van der Waals surface area contributed by atoms with E-state index < -0.39 is 0 Å². The molecule has 3 aromatic carbocycles. The average Bonchev–Trinajstić information content (AvgIpc) is 3.30. The lowest BCUT2D eigenvalue weighted by atomic mass is 9.95. The van der Waals surface area contributed by atoms with Crippen molar-refractivity contribution in [2.75, 3.05) is 0 Å². The Bertz CT molecular complexity index is 1340. The first kappa shape index (κ1) is 23.4. The van der Waals surface area contributed by atoms with E-state index in [0.717, 1.165) is 33.4 Å². The highest BCUT2D eigenvalue weighted by Gasteiger charge is 2.16. The highest BCUT2D eigenvalue weighted by Crippen LogP contribution is 2.38. The van der Waals surface area contributed by atoms with Gasteiger partial charge in [-0.15, -0.1) is 23.4 Å². The van der Waals surface area contributed by atoms with Crippen molar-refractivity contribution in [1.29, 1.82) is 0 Å². The molecule has 5 nitrogen and oxygen atoms in total. The summed E-state index contributed by atoms with van der Waals surface area (Å²) in [5.41, 5.74) is 6.03. The van der Waals surface area contributed by atoms with Crippen LogP contribution in [0, 0.1) is 6.92 Å². The first-order chi connectivity index (χ1) is 16.5. The molecule has 4 rings (SSSR count). The second-order valence-electron chi connectivity index (χ2n) is 7.96. The Morgan fingerprint density at radius 2 is 1.71 bits per heavy atom. The predicted molar refractivity (Wildman–Crippen MR) is 137 cm³/mol. The fourth-order valence-electron chi connectivity index (χ4n) is 3.78. The molecule has 2 N–H and O–H groups in total. The Hall–Kier alpha value is -3.77. The van der Waals surface area contributed by atoms with Crippen molar-refractivity contribution < 1.29 is 14.6 Å². The van der Waals surface area contributed by atoms with Gasteiger partial charge in [-0.3, -0.25) is 0 Å². The zero-order chi connectivity index (χ0) is 24.1. The molecule has 34 heavy (non-hydrogen) atoms. The van der Waals surface area contributed by atoms with Gasteiger partial charge in [0, 0.05) is 22.4 Å². The maximum absolute atomic E-state index is 11.1. The minimum absolute atomic E-state index is 0.189. The first-order valence-electron chi connectivity index (χ1n) is 10.9. The van der Waals surface area contributed by atoms with Gasteiger partial charge in [0.25, 0.3) is 5.22 Å². The molecule has 172 valence electrons. The monoisotopic (exact) mass is 470 g/mol. The van der Waals surface area contributed by atoms with Crippen molar-refractivity contribution in [3.8, 4) is 34.1 Å². The summed E-state index contributed by atoms with van der Waals surface area (Å²) >= 11 is 1.37. The van der Waals surface area contributed by atoms with E-state index in [-0.39, 0.29) is 11.5 Å². The summed E-state index contributed by atoms with van der Waals surface area (Å²) in [6.07, 6.45) is 4.78. The average molecular weight is 471 g/mol. The summed E-state index contributed by atoms with van der Waals surface area (Å²) < 4.78 is 5.87. The zero-order valence-corrected chi connectivity index (χ0v) is 19.8. The van der Waals surface area contributed by atoms with Gasteiger partial charge in [-0.2, -0.15) is 0 Å². The molecule has 0 fully saturated rings. The molecule has 0 bridgehead atoms. The number of benzene rings is 3. The number of hydrogen-bond acceptors (Lipinski definition) is 6. The summed E-state index contributed by atoms with van der Waals surface area (Å²) in [6.45, 7) is 9.60. The number of aryl methyl sites for hydroxylation is 1. The van der Waals surface area contributed by atoms with Gasteiger partial charge in [0.15, 0.2) is 0 Å². The van der Waals surface area contributed by atoms with Crippen LogP contribution in [0.3, 0.4) is 0 Å². The van der Waals surface area contributed by atoms with Crippen LogP contribution in [0.5, 0.6) is 11.5 Å². The molecule has 1 heterocycles. The zero-order valence-electron chi connectivity index (χ0n) is 19.0. The topological polar surface area (TPSA) is 79.4 Å². The number of aromatic hydroxyl groups is 2. The van der Waals surface area contributed by atoms with Crippen molar-refractivity contribution in [1.82, 2.24) is 10.2 Å². The summed E-state index contributed by atoms with van der Waals surface area (Å²) in [4.78, 5) is 0. The standard InChI is InChI=1S/C28H26N2O3S/c1-4-8-19-14-22(17-34-28-30-29-27(33-28)23-11-7-6-10-18(23)3)26(32)24(15-19)20-12-13-25(31)21(16-20)9-5-2/h4-7,10-16,31-32H,1-2,8-9,17H2,3H3. The van der Waals surface area contributed by atoms with E-state index in [1.807, 2.05) is 55.5 Å². The molecule has 0 aliphatic heterocycles. The van der Waals surface area contributed by atoms with Gasteiger partial charge in [0.05, 0.1) is 0 Å². The molecule has 0 saturated carbocycles. The minimum Gasteiger partial charge on any atom is -0.508 e. The van der Waals surface area contributed by atoms with Crippen molar-refractivity contribution in [2.24, 2.45) is 0 Å². The first-order valence-corrected chi connectivity index (χ1v) is 11.9. The Labute approximate surface area is 203 Å². The van der Waals surface area contributed by atoms with Gasteiger partial charge in [-0.05, 0) is 66.3 Å². The highest BCUT2D eigenvalue weighted by atomic mass is 32.2. The van der Waals surface area contributed by atoms with Gasteiger partial charge in [-0.25, -0.2) is 0 Å². The molecule has 6 heteroatoms. The molecule has 0 unspecified atom stereocenters. The van der Waals surface area contributed by atoms with Crippen molar-refractivity contribution >= 4 is 11.8 Å². The van der Waals surface area contributed by atoms with Crippen molar-refractivity contribution in [2.45, 2.75) is 30.7 Å². The third-order valence-electron chi connectivity index (χ3n) is 5.52. The molecule has 1 aromatic heterocycles. The van der Waals surface area contributed by atoms with Gasteiger partial charge < -0.3 is 14.6 Å². The molecule has 0 atom stereocenters. The fraction of sp³-hybridized carbons (Fsp3) is 0.143. The highest BCUT2D eigenvalue weighted by molar-refractivity contribution is 7.98. The largest absolute Gasteiger partial charge is 0.508 e. The van der Waals surface area contributed by atoms with E-state index >= 15 is 0 Å². The molecule has 0 aliphatic carbocycles. The molecular formula is C28H26N2O3S. The molecular weight excluding hydrogens is 444 g/mol. The fourth-order valence-corrected chi connectivity index (χ4v) is 4.51. The molecule has 4 aromatic rings. The maximum Gasteiger partial charge on any atom is 0.277 e. The van der Waals surface area contributed by atoms with Crippen molar-refractivity contribution in [3.05, 3.63) is 102 Å². The van der Waals surface area contributed by atoms with Crippen LogP contribution in [0.15, 0.2) is 89.5 Å². The van der Waals surface area contributed by atoms with Crippen LogP contribution >= 0.6 is 11.8 Å². The maximum atomic E-state index is 11.1. The second kappa shape index (κ2) is 10.4. The van der Waals surface area contributed by atoms with Crippen LogP contribution in [0.2, 0.25) is 0 Å². The molecule has 0 spiro atoms. The van der Waals surface area contributed by atoms with Crippen LogP contribution in [0.25, 0.3) is 22.6 Å². The van der Waals surface area contributed by atoms with Crippen LogP contribution in [-0.4, -0.2) is 20.4 Å². The number of phenols is 2. The number of aromatic nitrogens is 2. The third kappa shape index (κ3) is 5.07. The van der Waals surface area contributed by atoms with Crippen LogP contribution in [0.4, 0.5) is 0 Å². The normalized spacial score (nSPS) is 10.9. The number of rotatable bonds is 9. The number of nitrogens with zero attached hydrogens (tertiary/aromatic N) is 2. The summed E-state index contributed by atoms with van der Waals surface area (Å²) in [5.74, 6) is 1.33. The number of allylic oxidation sites excluding steroid dienone is 2. The lowest BCUT2D eigenvalue weighted by molar-refractivity contribution is 0.464. The lowest BCUT2D eigenvalue weighted by Crippen LogP contribution is -1.93. The Kier molecular flexibility index (Phi) is 7.18. The molecule has 0 saturated heterocycles. The quantitative estimate of drug-likeness (QED) is 0.205. The van der Waals surface area contributed by atoms with Gasteiger partial charge in [0.1, 0.15) is 11.5 Å². The van der Waals surface area contributed by atoms with E-state index in [1.165, 1.54) is 11.8 Å². The third-order valence-corrected chi connectivity index (χ3v) is 6.38. The molecule has 0 aliphatic rings. The second-order valence-corrected chi connectivity index (χ2v) is 8.88. The van der Waals surface area contributed by atoms with Gasteiger partial charge >= 0.3 is 0 Å². The SMILES string of the molecule is C=CCc1cc(CSc2nnc(-c3ccccc3C)o2)c(O)c(-c2ccc(O)c(CC=C)c2)c1. The van der Waals surface area contributed by atoms with E-state index in [0.29, 0.717) is 35.3 Å². The van der Waals surface area contributed by atoms with Crippen LogP contribution < -0.4 is 0 Å². The minimum atomic E-state index is 0.189. The number of thioether (sulfide) groups is 1. The predicted octanol–water partition coefficient (Wildman–Crippen LogP) is 6.87. The van der Waals surface area contributed by atoms with E-state index in [2.05, 4.69) is 23.4 Å². The Balaban J connectivity index is 1.63. The van der Waals surface area contributed by atoms with E-state index in [1.54, 1.807) is 18.2 Å². The van der Waals surface area contributed by atoms with Crippen molar-refractivity contribution in [3.63, 3.8) is 0 Å². The van der Waals surface area contributed by atoms with E-state index in [9.17, 15) is 10.2 Å². The summed E-state index contributed by atoms with van der Waals surface area (Å²) in [5, 5.41) is 30.1. The van der Waals surface area contributed by atoms with E-state index in [4.69, 9.17) is 4.42 Å². The summed E-state index contributed by atoms with van der Waals surface area (Å²) in [7, 11) is 0. The Morgan fingerprint density at radius 3 is 2.47 bits per heavy atom. The van der Waals surface area contributed by atoms with Gasteiger partial charge in [-0.1, -0.05) is 54.2 Å². The van der Waals surface area contributed by atoms with Crippen LogP contribution in [0.1, 0.15) is 22.3 Å². The Morgan fingerprint density at radius 1 is 0.912 bits per heavy atom. The number of phenolic OH excluding ortho intramolecular Hbond substituents is 2.